The summed E-state index contributed by atoms with van der Waals surface area (Å²) in [5, 5.41) is 14.3. The number of nitro groups is 1. The molecule has 0 aliphatic heterocycles. The Morgan fingerprint density at radius 2 is 1.90 bits per heavy atom. The average Bonchev–Trinajstić information content (AvgIpc) is 2.42. The predicted molar refractivity (Wildman–Crippen MR) is 87.5 cm³/mol. The van der Waals surface area contributed by atoms with Crippen LogP contribution in [0.4, 0.5) is 5.69 Å². The smallest absolute Gasteiger partial charge is 0.272 e. The minimum atomic E-state index is -0.312. The molecule has 118 valence electrons. The van der Waals surface area contributed by atoms with Crippen molar-refractivity contribution in [2.75, 3.05) is 6.54 Å². The van der Waals surface area contributed by atoms with Gasteiger partial charge < -0.3 is 5.32 Å². The van der Waals surface area contributed by atoms with Gasteiger partial charge in [-0.3, -0.25) is 10.1 Å². The van der Waals surface area contributed by atoms with E-state index in [9.17, 15) is 10.1 Å². The lowest BCUT2D eigenvalue weighted by atomic mass is 10.0. The summed E-state index contributed by atoms with van der Waals surface area (Å²) in [4.78, 5) is 10.6. The van der Waals surface area contributed by atoms with Crippen LogP contribution in [0.1, 0.15) is 57.1 Å². The number of unbranched alkanes of at least 4 members (excludes halogenated alkanes) is 3. The summed E-state index contributed by atoms with van der Waals surface area (Å²) in [6, 6.07) is 5.28. The molecular formula is C17H28N2O2. The van der Waals surface area contributed by atoms with Gasteiger partial charge in [-0.2, -0.15) is 0 Å². The van der Waals surface area contributed by atoms with Gasteiger partial charge in [0.1, 0.15) is 0 Å². The van der Waals surface area contributed by atoms with Gasteiger partial charge in [-0.1, -0.05) is 51.7 Å². The standard InChI is InChI=1S/C17H28N2O2/c1-14(2)9-6-4-5-7-12-18-13-16-10-8-11-17(15(16)3)19(20)21/h8,10-11,14,18H,4-7,9,12-13H2,1-3H3. The van der Waals surface area contributed by atoms with Crippen molar-refractivity contribution < 1.29 is 4.92 Å². The minimum absolute atomic E-state index is 0.211. The molecule has 1 aromatic rings. The normalized spacial score (nSPS) is 11.0. The summed E-state index contributed by atoms with van der Waals surface area (Å²) < 4.78 is 0. The lowest BCUT2D eigenvalue weighted by Crippen LogP contribution is -2.15. The van der Waals surface area contributed by atoms with Crippen molar-refractivity contribution in [2.24, 2.45) is 5.92 Å². The third-order valence-electron chi connectivity index (χ3n) is 3.81. The first-order chi connectivity index (χ1) is 10.0. The zero-order valence-electron chi connectivity index (χ0n) is 13.5. The van der Waals surface area contributed by atoms with Crippen molar-refractivity contribution in [1.29, 1.82) is 0 Å². The highest BCUT2D eigenvalue weighted by molar-refractivity contribution is 5.44. The van der Waals surface area contributed by atoms with Crippen LogP contribution < -0.4 is 5.32 Å². The van der Waals surface area contributed by atoms with Crippen LogP contribution in [0.15, 0.2) is 18.2 Å². The van der Waals surface area contributed by atoms with E-state index in [0.717, 1.165) is 23.6 Å². The summed E-state index contributed by atoms with van der Waals surface area (Å²) in [5.41, 5.74) is 2.00. The van der Waals surface area contributed by atoms with Crippen molar-refractivity contribution in [3.63, 3.8) is 0 Å². The maximum Gasteiger partial charge on any atom is 0.272 e. The van der Waals surface area contributed by atoms with E-state index in [1.165, 1.54) is 32.1 Å². The molecule has 1 rings (SSSR count). The Labute approximate surface area is 128 Å². The fourth-order valence-electron chi connectivity index (χ4n) is 2.44. The van der Waals surface area contributed by atoms with Gasteiger partial charge in [0.05, 0.1) is 4.92 Å². The molecule has 0 saturated heterocycles. The first kappa shape index (κ1) is 17.6. The van der Waals surface area contributed by atoms with E-state index in [0.29, 0.717) is 6.54 Å². The lowest BCUT2D eigenvalue weighted by molar-refractivity contribution is -0.385. The molecule has 0 aliphatic rings. The maximum atomic E-state index is 10.9. The second kappa shape index (κ2) is 9.50. The monoisotopic (exact) mass is 292 g/mol. The fraction of sp³-hybridized carbons (Fsp3) is 0.647. The van der Waals surface area contributed by atoms with E-state index in [-0.39, 0.29) is 10.6 Å². The predicted octanol–water partition coefficient (Wildman–Crippen LogP) is 4.60. The number of hydrogen-bond acceptors (Lipinski definition) is 3. The van der Waals surface area contributed by atoms with Crippen LogP contribution in [0, 0.1) is 23.0 Å². The summed E-state index contributed by atoms with van der Waals surface area (Å²) in [6.45, 7) is 8.04. The molecule has 0 aliphatic carbocycles. The Morgan fingerprint density at radius 1 is 1.19 bits per heavy atom. The molecule has 1 aromatic carbocycles. The van der Waals surface area contributed by atoms with Gasteiger partial charge in [-0.25, -0.2) is 0 Å². The first-order valence-corrected chi connectivity index (χ1v) is 7.96. The molecule has 0 bridgehead atoms. The van der Waals surface area contributed by atoms with Gasteiger partial charge in [-0.05, 0) is 31.4 Å². The number of nitro benzene ring substituents is 1. The lowest BCUT2D eigenvalue weighted by Gasteiger charge is -2.08. The maximum absolute atomic E-state index is 10.9. The van der Waals surface area contributed by atoms with Crippen LogP contribution in [0.3, 0.4) is 0 Å². The topological polar surface area (TPSA) is 55.2 Å². The van der Waals surface area contributed by atoms with E-state index >= 15 is 0 Å². The van der Waals surface area contributed by atoms with Crippen LogP contribution in [0.5, 0.6) is 0 Å². The number of hydrogen-bond donors (Lipinski definition) is 1. The molecule has 0 fully saturated rings. The Hall–Kier alpha value is -1.42. The van der Waals surface area contributed by atoms with Crippen molar-refractivity contribution in [1.82, 2.24) is 5.32 Å². The van der Waals surface area contributed by atoms with Crippen molar-refractivity contribution in [3.05, 3.63) is 39.4 Å². The van der Waals surface area contributed by atoms with E-state index < -0.39 is 0 Å². The molecule has 1 N–H and O–H groups in total. The zero-order valence-corrected chi connectivity index (χ0v) is 13.5. The fourth-order valence-corrected chi connectivity index (χ4v) is 2.44. The molecule has 0 aromatic heterocycles. The first-order valence-electron chi connectivity index (χ1n) is 7.96. The Bertz CT molecular complexity index is 444. The molecule has 0 spiro atoms. The third kappa shape index (κ3) is 6.71. The van der Waals surface area contributed by atoms with Gasteiger partial charge in [-0.15, -0.1) is 0 Å². The van der Waals surface area contributed by atoms with Crippen molar-refractivity contribution >= 4 is 5.69 Å². The van der Waals surface area contributed by atoms with Crippen LogP contribution in [0.25, 0.3) is 0 Å². The van der Waals surface area contributed by atoms with Crippen LogP contribution in [-0.2, 0) is 6.54 Å². The number of rotatable bonds is 10. The Morgan fingerprint density at radius 3 is 2.57 bits per heavy atom. The molecule has 0 atom stereocenters. The molecule has 21 heavy (non-hydrogen) atoms. The van der Waals surface area contributed by atoms with E-state index in [1.807, 2.05) is 13.0 Å². The van der Waals surface area contributed by atoms with Crippen molar-refractivity contribution in [3.8, 4) is 0 Å². The zero-order chi connectivity index (χ0) is 15.7. The molecule has 0 saturated carbocycles. The molecule has 0 radical (unpaired) electrons. The molecule has 4 heteroatoms. The summed E-state index contributed by atoms with van der Waals surface area (Å²) in [7, 11) is 0. The van der Waals surface area contributed by atoms with E-state index in [1.54, 1.807) is 12.1 Å². The highest BCUT2D eigenvalue weighted by Gasteiger charge is 2.12. The highest BCUT2D eigenvalue weighted by atomic mass is 16.6. The molecule has 0 amide bonds. The van der Waals surface area contributed by atoms with Gasteiger partial charge in [0, 0.05) is 18.2 Å². The number of nitrogens with zero attached hydrogens (tertiary/aromatic N) is 1. The number of benzene rings is 1. The summed E-state index contributed by atoms with van der Waals surface area (Å²) >= 11 is 0. The van der Waals surface area contributed by atoms with Gasteiger partial charge in [0.2, 0.25) is 0 Å². The molecule has 0 unspecified atom stereocenters. The summed E-state index contributed by atoms with van der Waals surface area (Å²) in [6.07, 6.45) is 6.37. The largest absolute Gasteiger partial charge is 0.313 e. The van der Waals surface area contributed by atoms with Crippen LogP contribution in [-0.4, -0.2) is 11.5 Å². The number of nitrogens with one attached hydrogen (secondary N) is 1. The van der Waals surface area contributed by atoms with Crippen LogP contribution in [0.2, 0.25) is 0 Å². The Kier molecular flexibility index (Phi) is 7.98. The van der Waals surface area contributed by atoms with Gasteiger partial charge in [0.25, 0.3) is 5.69 Å². The van der Waals surface area contributed by atoms with Gasteiger partial charge in [0.15, 0.2) is 0 Å². The summed E-state index contributed by atoms with van der Waals surface area (Å²) in [5.74, 6) is 0.806. The Balaban J connectivity index is 2.21. The minimum Gasteiger partial charge on any atom is -0.313 e. The highest BCUT2D eigenvalue weighted by Crippen LogP contribution is 2.20. The molecular weight excluding hydrogens is 264 g/mol. The van der Waals surface area contributed by atoms with E-state index in [2.05, 4.69) is 19.2 Å². The quantitative estimate of drug-likeness (QED) is 0.389. The third-order valence-corrected chi connectivity index (χ3v) is 3.81. The van der Waals surface area contributed by atoms with Crippen molar-refractivity contribution in [2.45, 2.75) is 59.4 Å². The molecule has 4 nitrogen and oxygen atoms in total. The SMILES string of the molecule is Cc1c(CNCCCCCCC(C)C)cccc1[N+](=O)[O-]. The van der Waals surface area contributed by atoms with Gasteiger partial charge >= 0.3 is 0 Å². The second-order valence-electron chi connectivity index (χ2n) is 6.09. The molecule has 0 heterocycles. The average molecular weight is 292 g/mol. The van der Waals surface area contributed by atoms with E-state index in [4.69, 9.17) is 0 Å². The van der Waals surface area contributed by atoms with Crippen LogP contribution >= 0.6 is 0 Å². The second-order valence-corrected chi connectivity index (χ2v) is 6.09.